The number of nitrogens with one attached hydrogen (secondary N) is 1. The van der Waals surface area contributed by atoms with Crippen molar-refractivity contribution in [1.29, 1.82) is 0 Å². The minimum Gasteiger partial charge on any atom is -0.338 e. The van der Waals surface area contributed by atoms with Crippen LogP contribution < -0.4 is 5.32 Å². The summed E-state index contributed by atoms with van der Waals surface area (Å²) in [5.41, 5.74) is 0.854. The molecule has 2 rings (SSSR count). The van der Waals surface area contributed by atoms with Crippen molar-refractivity contribution in [3.63, 3.8) is 0 Å². The first-order chi connectivity index (χ1) is 11.5. The van der Waals surface area contributed by atoms with E-state index in [0.717, 1.165) is 0 Å². The van der Waals surface area contributed by atoms with Crippen LogP contribution in [0.25, 0.3) is 0 Å². The Morgan fingerprint density at radius 2 is 1.75 bits per heavy atom. The number of rotatable bonds is 5. The molecule has 5 nitrogen and oxygen atoms in total. The molecule has 24 heavy (non-hydrogen) atoms. The fourth-order valence-corrected chi connectivity index (χ4v) is 2.66. The molecule has 0 fully saturated rings. The van der Waals surface area contributed by atoms with Gasteiger partial charge in [0.15, 0.2) is 0 Å². The number of aromatic nitrogens is 1. The van der Waals surface area contributed by atoms with E-state index in [0.29, 0.717) is 34.4 Å². The fraction of sp³-hybridized carbons (Fsp3) is 0.235. The van der Waals surface area contributed by atoms with E-state index in [9.17, 15) is 9.59 Å². The van der Waals surface area contributed by atoms with Crippen LogP contribution in [0.2, 0.25) is 10.0 Å². The van der Waals surface area contributed by atoms with E-state index in [4.69, 9.17) is 23.2 Å². The summed E-state index contributed by atoms with van der Waals surface area (Å²) in [5, 5.41) is 3.34. The van der Waals surface area contributed by atoms with Gasteiger partial charge in [-0.3, -0.25) is 14.6 Å². The number of nitrogens with zero attached hydrogens (tertiary/aromatic N) is 2. The highest BCUT2D eigenvalue weighted by molar-refractivity contribution is 6.40. The molecule has 0 aliphatic heterocycles. The maximum absolute atomic E-state index is 12.4. The molecule has 1 N–H and O–H groups in total. The van der Waals surface area contributed by atoms with Crippen LogP contribution in [0.3, 0.4) is 0 Å². The van der Waals surface area contributed by atoms with Gasteiger partial charge in [0, 0.05) is 24.8 Å². The van der Waals surface area contributed by atoms with Crippen LogP contribution in [0.1, 0.15) is 34.7 Å². The number of halogens is 2. The zero-order valence-corrected chi connectivity index (χ0v) is 14.9. The maximum atomic E-state index is 12.4. The summed E-state index contributed by atoms with van der Waals surface area (Å²) < 4.78 is 0. The predicted molar refractivity (Wildman–Crippen MR) is 95.9 cm³/mol. The number of amides is 2. The largest absolute Gasteiger partial charge is 0.338 e. The van der Waals surface area contributed by atoms with Crippen LogP contribution in [0.5, 0.6) is 0 Å². The standard InChI is InChI=1S/C17H17Cl2N3O2/c1-3-22(4-2)17(24)14-10-11(8-9-20-14)16(23)21-15-12(18)6-5-7-13(15)19/h5-10H,3-4H2,1-2H3,(H,21,23). The predicted octanol–water partition coefficient (Wildman–Crippen LogP) is 4.12. The van der Waals surface area contributed by atoms with Gasteiger partial charge in [-0.2, -0.15) is 0 Å². The van der Waals surface area contributed by atoms with Crippen molar-refractivity contribution in [1.82, 2.24) is 9.88 Å². The van der Waals surface area contributed by atoms with E-state index >= 15 is 0 Å². The summed E-state index contributed by atoms with van der Waals surface area (Å²) >= 11 is 12.1. The lowest BCUT2D eigenvalue weighted by Gasteiger charge is -2.18. The van der Waals surface area contributed by atoms with Crippen molar-refractivity contribution in [2.45, 2.75) is 13.8 Å². The first-order valence-electron chi connectivity index (χ1n) is 7.48. The van der Waals surface area contributed by atoms with E-state index < -0.39 is 5.91 Å². The van der Waals surface area contributed by atoms with Crippen molar-refractivity contribution < 1.29 is 9.59 Å². The second-order valence-electron chi connectivity index (χ2n) is 4.96. The molecule has 0 atom stereocenters. The Balaban J connectivity index is 2.25. The number of carbonyl (C=O) groups is 2. The molecule has 0 aliphatic carbocycles. The molecule has 1 aromatic heterocycles. The molecule has 0 aliphatic rings. The highest BCUT2D eigenvalue weighted by Gasteiger charge is 2.17. The third-order valence-corrected chi connectivity index (χ3v) is 4.12. The number of carbonyl (C=O) groups excluding carboxylic acids is 2. The zero-order chi connectivity index (χ0) is 17.7. The summed E-state index contributed by atoms with van der Waals surface area (Å²) in [6, 6.07) is 7.93. The molecule has 0 unspecified atom stereocenters. The van der Waals surface area contributed by atoms with Gasteiger partial charge in [0.1, 0.15) is 5.69 Å². The number of hydrogen-bond acceptors (Lipinski definition) is 3. The number of pyridine rings is 1. The molecule has 126 valence electrons. The van der Waals surface area contributed by atoms with Gasteiger partial charge in [0.25, 0.3) is 11.8 Å². The van der Waals surface area contributed by atoms with Crippen molar-refractivity contribution in [2.24, 2.45) is 0 Å². The quantitative estimate of drug-likeness (QED) is 0.866. The number of hydrogen-bond donors (Lipinski definition) is 1. The van der Waals surface area contributed by atoms with Crippen molar-refractivity contribution in [3.8, 4) is 0 Å². The van der Waals surface area contributed by atoms with Crippen LogP contribution in [-0.4, -0.2) is 34.8 Å². The Morgan fingerprint density at radius 1 is 1.12 bits per heavy atom. The molecule has 0 radical (unpaired) electrons. The van der Waals surface area contributed by atoms with Crippen LogP contribution in [0, 0.1) is 0 Å². The Hall–Kier alpha value is -2.11. The number of anilines is 1. The highest BCUT2D eigenvalue weighted by Crippen LogP contribution is 2.30. The maximum Gasteiger partial charge on any atom is 0.272 e. The van der Waals surface area contributed by atoms with Gasteiger partial charge in [-0.25, -0.2) is 0 Å². The van der Waals surface area contributed by atoms with Crippen molar-refractivity contribution >= 4 is 40.7 Å². The van der Waals surface area contributed by atoms with E-state index in [1.807, 2.05) is 13.8 Å². The molecule has 7 heteroatoms. The van der Waals surface area contributed by atoms with Gasteiger partial charge in [-0.15, -0.1) is 0 Å². The normalized spacial score (nSPS) is 10.3. The summed E-state index contributed by atoms with van der Waals surface area (Å²) in [5.74, 6) is -0.633. The first kappa shape index (κ1) is 18.2. The van der Waals surface area contributed by atoms with Gasteiger partial charge < -0.3 is 10.2 Å². The second-order valence-corrected chi connectivity index (χ2v) is 5.77. The Kier molecular flexibility index (Phi) is 6.17. The Bertz CT molecular complexity index is 741. The van der Waals surface area contributed by atoms with Crippen LogP contribution in [-0.2, 0) is 0 Å². The van der Waals surface area contributed by atoms with Gasteiger partial charge in [-0.05, 0) is 38.1 Å². The third kappa shape index (κ3) is 4.04. The topological polar surface area (TPSA) is 62.3 Å². The summed E-state index contributed by atoms with van der Waals surface area (Å²) in [6.07, 6.45) is 1.43. The molecule has 0 saturated heterocycles. The number of benzene rings is 1. The molecule has 2 aromatic rings. The Morgan fingerprint density at radius 3 is 2.33 bits per heavy atom. The molecule has 0 spiro atoms. The Labute approximate surface area is 150 Å². The van der Waals surface area contributed by atoms with Crippen molar-refractivity contribution in [2.75, 3.05) is 18.4 Å². The molecule has 0 bridgehead atoms. The average molecular weight is 366 g/mol. The van der Waals surface area contributed by atoms with Gasteiger partial charge in [0.2, 0.25) is 0 Å². The second kappa shape index (κ2) is 8.13. The molecule has 1 aromatic carbocycles. The fourth-order valence-electron chi connectivity index (χ4n) is 2.16. The third-order valence-electron chi connectivity index (χ3n) is 3.49. The van der Waals surface area contributed by atoms with Gasteiger partial charge in [0.05, 0.1) is 15.7 Å². The average Bonchev–Trinajstić information content (AvgIpc) is 2.59. The van der Waals surface area contributed by atoms with Crippen LogP contribution >= 0.6 is 23.2 Å². The molecule has 0 saturated carbocycles. The van der Waals surface area contributed by atoms with Crippen molar-refractivity contribution in [3.05, 3.63) is 57.8 Å². The monoisotopic (exact) mass is 365 g/mol. The minimum absolute atomic E-state index is 0.217. The summed E-state index contributed by atoms with van der Waals surface area (Å²) in [7, 11) is 0. The smallest absolute Gasteiger partial charge is 0.272 e. The lowest BCUT2D eigenvalue weighted by molar-refractivity contribution is 0.0767. The molecular weight excluding hydrogens is 349 g/mol. The zero-order valence-electron chi connectivity index (χ0n) is 13.3. The van der Waals surface area contributed by atoms with Crippen LogP contribution in [0.15, 0.2) is 36.5 Å². The van der Waals surface area contributed by atoms with E-state index in [1.165, 1.54) is 18.3 Å². The first-order valence-corrected chi connectivity index (χ1v) is 8.24. The lowest BCUT2D eigenvalue weighted by atomic mass is 10.2. The van der Waals surface area contributed by atoms with Gasteiger partial charge >= 0.3 is 0 Å². The summed E-state index contributed by atoms with van der Waals surface area (Å²) in [4.78, 5) is 30.5. The van der Waals surface area contributed by atoms with E-state index in [1.54, 1.807) is 23.1 Å². The minimum atomic E-state index is -0.416. The number of para-hydroxylation sites is 1. The lowest BCUT2D eigenvalue weighted by Crippen LogP contribution is -2.31. The highest BCUT2D eigenvalue weighted by atomic mass is 35.5. The van der Waals surface area contributed by atoms with E-state index in [-0.39, 0.29) is 11.6 Å². The van der Waals surface area contributed by atoms with Gasteiger partial charge in [-0.1, -0.05) is 29.3 Å². The summed E-state index contributed by atoms with van der Waals surface area (Å²) in [6.45, 7) is 4.92. The van der Waals surface area contributed by atoms with Crippen LogP contribution in [0.4, 0.5) is 5.69 Å². The van der Waals surface area contributed by atoms with E-state index in [2.05, 4.69) is 10.3 Å². The molecular formula is C17H17Cl2N3O2. The molecule has 2 amide bonds. The SMILES string of the molecule is CCN(CC)C(=O)c1cc(C(=O)Nc2c(Cl)cccc2Cl)ccn1. The molecule has 1 heterocycles.